The molecular weight excluding hydrogens is 441 g/mol. The molecule has 4 aromatic rings. The van der Waals surface area contributed by atoms with Crippen molar-refractivity contribution in [3.05, 3.63) is 112 Å². The van der Waals surface area contributed by atoms with Gasteiger partial charge in [0.05, 0.1) is 11.4 Å². The minimum Gasteiger partial charge on any atom is -0.291 e. The average molecular weight is 465 g/mol. The van der Waals surface area contributed by atoms with Gasteiger partial charge in [0.1, 0.15) is 17.5 Å². The fraction of sp³-hybridized carbons (Fsp3) is 0.222. The first kappa shape index (κ1) is 21.8. The normalized spacial score (nSPS) is 15.5. The van der Waals surface area contributed by atoms with Crippen LogP contribution in [0.3, 0.4) is 0 Å². The monoisotopic (exact) mass is 464 g/mol. The van der Waals surface area contributed by atoms with Crippen LogP contribution in [0.5, 0.6) is 0 Å². The molecule has 0 bridgehead atoms. The molecule has 0 saturated carbocycles. The minimum absolute atomic E-state index is 0.0318. The van der Waals surface area contributed by atoms with Crippen LogP contribution in [0.4, 0.5) is 13.2 Å². The zero-order valence-corrected chi connectivity index (χ0v) is 19.0. The molecule has 0 amide bonds. The number of thioether (sulfide) groups is 1. The second-order valence-electron chi connectivity index (χ2n) is 8.39. The topological polar surface area (TPSA) is 17.8 Å². The summed E-state index contributed by atoms with van der Waals surface area (Å²) in [5.74, 6) is -1.18. The molecule has 0 fully saturated rings. The van der Waals surface area contributed by atoms with Crippen molar-refractivity contribution in [1.82, 2.24) is 9.55 Å². The molecule has 0 aliphatic heterocycles. The largest absolute Gasteiger partial charge is 0.291 e. The van der Waals surface area contributed by atoms with E-state index in [-0.39, 0.29) is 23.1 Å². The van der Waals surface area contributed by atoms with E-state index in [4.69, 9.17) is 4.98 Å². The Hall–Kier alpha value is -2.99. The van der Waals surface area contributed by atoms with Crippen LogP contribution in [0.15, 0.2) is 71.9 Å². The number of hydrogen-bond acceptors (Lipinski definition) is 2. The highest BCUT2D eigenvalue weighted by Gasteiger charge is 2.30. The van der Waals surface area contributed by atoms with E-state index in [1.165, 1.54) is 53.2 Å². The van der Waals surface area contributed by atoms with Gasteiger partial charge in [0.25, 0.3) is 0 Å². The van der Waals surface area contributed by atoms with E-state index in [1.54, 1.807) is 12.1 Å². The Bertz CT molecular complexity index is 1280. The fourth-order valence-electron chi connectivity index (χ4n) is 4.56. The second kappa shape index (κ2) is 9.10. The van der Waals surface area contributed by atoms with Crippen molar-refractivity contribution in [1.29, 1.82) is 0 Å². The minimum atomic E-state index is -0.565. The van der Waals surface area contributed by atoms with Gasteiger partial charge in [-0.05, 0) is 68.1 Å². The molecule has 1 aromatic heterocycles. The summed E-state index contributed by atoms with van der Waals surface area (Å²) in [4.78, 5) is 4.91. The van der Waals surface area contributed by atoms with E-state index in [0.717, 1.165) is 36.3 Å². The van der Waals surface area contributed by atoms with Gasteiger partial charge < -0.3 is 0 Å². The average Bonchev–Trinajstić information content (AvgIpc) is 3.18. The van der Waals surface area contributed by atoms with Crippen LogP contribution < -0.4 is 0 Å². The van der Waals surface area contributed by atoms with Gasteiger partial charge in [-0.2, -0.15) is 0 Å². The van der Waals surface area contributed by atoms with Gasteiger partial charge in [-0.3, -0.25) is 4.57 Å². The number of fused-ring (bicyclic) bond motifs is 1. The molecule has 0 radical (unpaired) electrons. The first-order chi connectivity index (χ1) is 16.0. The van der Waals surface area contributed by atoms with E-state index in [9.17, 15) is 13.2 Å². The molecule has 1 atom stereocenters. The molecular formula is C27H23F3N2S. The van der Waals surface area contributed by atoms with Crippen LogP contribution >= 0.6 is 11.8 Å². The van der Waals surface area contributed by atoms with Crippen molar-refractivity contribution in [2.24, 2.45) is 0 Å². The smallest absolute Gasteiger partial charge is 0.173 e. The maximum absolute atomic E-state index is 14.2. The number of nitrogens with zero attached hydrogens (tertiary/aromatic N) is 2. The molecule has 0 spiro atoms. The molecule has 0 saturated heterocycles. The highest BCUT2D eigenvalue weighted by molar-refractivity contribution is 7.98. The van der Waals surface area contributed by atoms with E-state index in [1.807, 2.05) is 4.57 Å². The number of hydrogen-bond donors (Lipinski definition) is 0. The van der Waals surface area contributed by atoms with Gasteiger partial charge in [-0.15, -0.1) is 0 Å². The van der Waals surface area contributed by atoms with Crippen molar-refractivity contribution >= 4 is 11.8 Å². The molecule has 0 N–H and O–H groups in total. The van der Waals surface area contributed by atoms with Gasteiger partial charge in [0, 0.05) is 22.9 Å². The van der Waals surface area contributed by atoms with Gasteiger partial charge in [0.2, 0.25) is 0 Å². The zero-order chi connectivity index (χ0) is 22.9. The van der Waals surface area contributed by atoms with Crippen LogP contribution in [-0.4, -0.2) is 9.55 Å². The van der Waals surface area contributed by atoms with Crippen LogP contribution in [0.1, 0.15) is 46.8 Å². The number of imidazole rings is 1. The Balaban J connectivity index is 1.62. The Labute approximate surface area is 195 Å². The lowest BCUT2D eigenvalue weighted by molar-refractivity contribution is 0.566. The third-order valence-electron chi connectivity index (χ3n) is 6.13. The van der Waals surface area contributed by atoms with E-state index < -0.39 is 11.6 Å². The molecule has 1 aliphatic carbocycles. The van der Waals surface area contributed by atoms with Gasteiger partial charge in [-0.1, -0.05) is 47.7 Å². The second-order valence-corrected chi connectivity index (χ2v) is 9.33. The molecule has 33 heavy (non-hydrogen) atoms. The third-order valence-corrected chi connectivity index (χ3v) is 7.10. The van der Waals surface area contributed by atoms with Crippen molar-refractivity contribution in [3.8, 4) is 5.69 Å². The zero-order valence-electron chi connectivity index (χ0n) is 18.2. The number of benzene rings is 3. The summed E-state index contributed by atoms with van der Waals surface area (Å²) < 4.78 is 44.2. The van der Waals surface area contributed by atoms with Gasteiger partial charge in [0.15, 0.2) is 5.16 Å². The molecule has 3 aromatic carbocycles. The molecule has 6 heteroatoms. The molecule has 5 rings (SSSR count). The molecule has 1 aliphatic rings. The Kier molecular flexibility index (Phi) is 6.02. The molecule has 168 valence electrons. The third kappa shape index (κ3) is 4.32. The fourth-order valence-corrected chi connectivity index (χ4v) is 5.62. The lowest BCUT2D eigenvalue weighted by atomic mass is 9.84. The summed E-state index contributed by atoms with van der Waals surface area (Å²) in [6.07, 6.45) is 2.83. The SMILES string of the molecule is Cc1cccc(C2CCCc3nc(SCc4c(F)cccc4F)n(-c4ccc(F)cc4)c32)c1. The lowest BCUT2D eigenvalue weighted by Gasteiger charge is -2.25. The van der Waals surface area contributed by atoms with Crippen LogP contribution in [0, 0.1) is 24.4 Å². The quantitative estimate of drug-likeness (QED) is 0.287. The number of rotatable bonds is 5. The van der Waals surface area contributed by atoms with Crippen molar-refractivity contribution in [2.45, 2.75) is 43.0 Å². The molecule has 1 unspecified atom stereocenters. The Morgan fingerprint density at radius 2 is 1.70 bits per heavy atom. The van der Waals surface area contributed by atoms with Gasteiger partial charge >= 0.3 is 0 Å². The van der Waals surface area contributed by atoms with Crippen LogP contribution in [0.25, 0.3) is 5.69 Å². The summed E-state index contributed by atoms with van der Waals surface area (Å²) >= 11 is 1.30. The Morgan fingerprint density at radius 3 is 2.42 bits per heavy atom. The maximum atomic E-state index is 14.2. The van der Waals surface area contributed by atoms with E-state index in [0.29, 0.717) is 5.16 Å². The molecule has 2 nitrogen and oxygen atoms in total. The summed E-state index contributed by atoms with van der Waals surface area (Å²) in [6.45, 7) is 2.08. The number of aromatic nitrogens is 2. The first-order valence-electron chi connectivity index (χ1n) is 11.0. The summed E-state index contributed by atoms with van der Waals surface area (Å²) in [5.41, 5.74) is 5.31. The van der Waals surface area contributed by atoms with E-state index in [2.05, 4.69) is 31.2 Å². The summed E-state index contributed by atoms with van der Waals surface area (Å²) in [7, 11) is 0. The summed E-state index contributed by atoms with van der Waals surface area (Å²) in [5, 5.41) is 0.661. The Morgan fingerprint density at radius 1 is 0.970 bits per heavy atom. The number of aryl methyl sites for hydroxylation is 2. The molecule has 1 heterocycles. The van der Waals surface area contributed by atoms with Crippen molar-refractivity contribution < 1.29 is 13.2 Å². The van der Waals surface area contributed by atoms with Crippen LogP contribution in [0.2, 0.25) is 0 Å². The van der Waals surface area contributed by atoms with Crippen molar-refractivity contribution in [3.63, 3.8) is 0 Å². The summed E-state index contributed by atoms with van der Waals surface area (Å²) in [6, 6.07) is 18.7. The predicted molar refractivity (Wildman–Crippen MR) is 125 cm³/mol. The standard InChI is InChI=1S/C27H23F3N2S/c1-17-5-2-6-18(15-17)21-7-3-10-25-26(21)32(20-13-11-19(28)12-14-20)27(31-25)33-16-22-23(29)8-4-9-24(22)30/h2,4-6,8-9,11-15,21H,3,7,10,16H2,1H3. The first-order valence-corrected chi connectivity index (χ1v) is 12.0. The lowest BCUT2D eigenvalue weighted by Crippen LogP contribution is -2.15. The predicted octanol–water partition coefficient (Wildman–Crippen LogP) is 7.36. The highest BCUT2D eigenvalue weighted by Crippen LogP contribution is 2.41. The number of halogens is 3. The highest BCUT2D eigenvalue weighted by atomic mass is 32.2. The van der Waals surface area contributed by atoms with Crippen LogP contribution in [-0.2, 0) is 12.2 Å². The van der Waals surface area contributed by atoms with Gasteiger partial charge in [-0.25, -0.2) is 18.2 Å². The van der Waals surface area contributed by atoms with E-state index >= 15 is 0 Å². The van der Waals surface area contributed by atoms with Crippen molar-refractivity contribution in [2.75, 3.05) is 0 Å². The maximum Gasteiger partial charge on any atom is 0.173 e.